The van der Waals surface area contributed by atoms with Crippen molar-refractivity contribution in [1.29, 1.82) is 0 Å². The maximum absolute atomic E-state index is 14.4. The molecule has 3 fully saturated rings. The molecule has 2 aromatic rings. The number of carboxylic acids is 1. The second kappa shape index (κ2) is 28.1. The number of halogens is 3. The predicted molar refractivity (Wildman–Crippen MR) is 250 cm³/mol. The van der Waals surface area contributed by atoms with E-state index >= 15 is 0 Å². The van der Waals surface area contributed by atoms with E-state index in [0.29, 0.717) is 50.0 Å². The van der Waals surface area contributed by atoms with Gasteiger partial charge in [0.2, 0.25) is 23.5 Å². The second-order valence-electron chi connectivity index (χ2n) is 19.1. The highest BCUT2D eigenvalue weighted by atomic mass is 19.4. The zero-order valence-electron chi connectivity index (χ0n) is 40.5. The first-order chi connectivity index (χ1) is 33.3. The molecule has 3 aliphatic rings. The summed E-state index contributed by atoms with van der Waals surface area (Å²) in [4.78, 5) is 127. The minimum absolute atomic E-state index is 0.0261. The molecule has 0 radical (unpaired) electrons. The summed E-state index contributed by atoms with van der Waals surface area (Å²) in [5.74, 6) is -7.95. The van der Waals surface area contributed by atoms with Crippen molar-refractivity contribution in [2.45, 2.75) is 160 Å². The molecule has 3 aliphatic carbocycles. The van der Waals surface area contributed by atoms with Crippen LogP contribution in [0.3, 0.4) is 0 Å². The van der Waals surface area contributed by atoms with Crippen LogP contribution in [-0.4, -0.2) is 105 Å². The van der Waals surface area contributed by atoms with Crippen LogP contribution < -0.4 is 16.0 Å². The Morgan fingerprint density at radius 1 is 0.786 bits per heavy atom. The van der Waals surface area contributed by atoms with Crippen LogP contribution in [0, 0.1) is 29.6 Å². The highest BCUT2D eigenvalue weighted by Crippen LogP contribution is 2.35. The van der Waals surface area contributed by atoms with Crippen molar-refractivity contribution in [2.75, 3.05) is 14.1 Å². The number of carbonyl (C=O) groups is 9. The number of rotatable bonds is 23. The summed E-state index contributed by atoms with van der Waals surface area (Å²) in [6, 6.07) is 6.59. The van der Waals surface area contributed by atoms with Gasteiger partial charge in [-0.1, -0.05) is 101 Å². The van der Waals surface area contributed by atoms with E-state index in [1.807, 2.05) is 6.92 Å². The van der Waals surface area contributed by atoms with Gasteiger partial charge in [0.15, 0.2) is 11.6 Å². The number of hydrogen-bond acceptors (Lipinski definition) is 11. The fourth-order valence-electron chi connectivity index (χ4n) is 9.93. The molecule has 1 aromatic heterocycles. The molecule has 0 spiro atoms. The number of ketones is 4. The number of nitrogens with zero attached hydrogens (tertiary/aromatic N) is 3. The van der Waals surface area contributed by atoms with Crippen LogP contribution in [0.15, 0.2) is 48.9 Å². The Kier molecular flexibility index (Phi) is 22.8. The van der Waals surface area contributed by atoms with Gasteiger partial charge in [-0.2, -0.15) is 13.2 Å². The lowest BCUT2D eigenvalue weighted by Crippen LogP contribution is -2.49. The molecule has 19 heteroatoms. The van der Waals surface area contributed by atoms with Gasteiger partial charge in [-0.15, -0.1) is 0 Å². The molecule has 0 aliphatic heterocycles. The van der Waals surface area contributed by atoms with Crippen LogP contribution in [0.25, 0.3) is 0 Å². The molecule has 1 aromatic carbocycles. The fraction of sp³-hybridized carbons (Fsp3) is 0.627. The van der Waals surface area contributed by atoms with Crippen LogP contribution in [-0.2, 0) is 38.4 Å². The number of likely N-dealkylation sites (N-methyl/N-ethyl adjacent to an activating group) is 1. The Bertz CT molecular complexity index is 2090. The van der Waals surface area contributed by atoms with Crippen molar-refractivity contribution < 1.29 is 61.4 Å². The SMILES string of the molecule is CCC[C@H](CC(=O)[C@@H]1CCC[C@@H]1NC(=O)C(CC(=O)[C@@H](NC(=O)c1cnccn1)C1CCCCC1)CC1CCCCC1)C(=O)C(=O)CCC(=O)N[C@H](C(=O)N(C)C)c1ccccc1.O=C(O)C(F)(F)F. The van der Waals surface area contributed by atoms with Gasteiger partial charge in [0.05, 0.1) is 12.2 Å². The monoisotopic (exact) mass is 983 g/mol. The Morgan fingerprint density at radius 2 is 1.43 bits per heavy atom. The molecule has 384 valence electrons. The molecule has 1 unspecified atom stereocenters. The lowest BCUT2D eigenvalue weighted by molar-refractivity contribution is -0.192. The number of alkyl halides is 3. The van der Waals surface area contributed by atoms with Crippen LogP contribution >= 0.6 is 0 Å². The molecule has 4 amide bonds. The number of nitrogens with one attached hydrogen (secondary N) is 3. The van der Waals surface area contributed by atoms with Crippen molar-refractivity contribution in [3.63, 3.8) is 0 Å². The number of benzene rings is 1. The Hall–Kier alpha value is -5.88. The molecule has 3 saturated carbocycles. The fourth-order valence-corrected chi connectivity index (χ4v) is 9.93. The van der Waals surface area contributed by atoms with Gasteiger partial charge >= 0.3 is 12.1 Å². The van der Waals surface area contributed by atoms with Crippen molar-refractivity contribution in [1.82, 2.24) is 30.8 Å². The Labute approximate surface area is 407 Å². The summed E-state index contributed by atoms with van der Waals surface area (Å²) in [6.07, 6.45) is 11.5. The van der Waals surface area contributed by atoms with E-state index in [1.165, 1.54) is 23.5 Å². The summed E-state index contributed by atoms with van der Waals surface area (Å²) in [5.41, 5.74) is 0.716. The van der Waals surface area contributed by atoms with Crippen molar-refractivity contribution in [3.8, 4) is 0 Å². The maximum Gasteiger partial charge on any atom is 0.490 e. The molecule has 1 heterocycles. The van der Waals surface area contributed by atoms with Crippen molar-refractivity contribution in [2.24, 2.45) is 29.6 Å². The van der Waals surface area contributed by atoms with E-state index in [0.717, 1.165) is 64.2 Å². The van der Waals surface area contributed by atoms with Gasteiger partial charge in [-0.25, -0.2) is 9.78 Å². The molecule has 4 N–H and O–H groups in total. The smallest absolute Gasteiger partial charge is 0.475 e. The van der Waals surface area contributed by atoms with Gasteiger partial charge in [0, 0.05) is 76.0 Å². The third-order valence-corrected chi connectivity index (χ3v) is 13.6. The Morgan fingerprint density at radius 3 is 2.01 bits per heavy atom. The van der Waals surface area contributed by atoms with Crippen LogP contribution in [0.4, 0.5) is 13.2 Å². The largest absolute Gasteiger partial charge is 0.490 e. The van der Waals surface area contributed by atoms with Crippen LogP contribution in [0.2, 0.25) is 0 Å². The minimum Gasteiger partial charge on any atom is -0.475 e. The minimum atomic E-state index is -5.08. The third kappa shape index (κ3) is 17.8. The van der Waals surface area contributed by atoms with Crippen molar-refractivity contribution >= 4 is 52.7 Å². The summed E-state index contributed by atoms with van der Waals surface area (Å²) >= 11 is 0. The van der Waals surface area contributed by atoms with E-state index in [9.17, 15) is 51.5 Å². The number of hydrogen-bond donors (Lipinski definition) is 4. The molecule has 6 atom stereocenters. The first-order valence-electron chi connectivity index (χ1n) is 24.7. The number of aromatic nitrogens is 2. The zero-order chi connectivity index (χ0) is 51.4. The molecule has 5 rings (SSSR count). The molecule has 0 saturated heterocycles. The highest BCUT2D eigenvalue weighted by molar-refractivity contribution is 6.38. The van der Waals surface area contributed by atoms with Crippen LogP contribution in [0.1, 0.15) is 157 Å². The number of carboxylic acid groups (broad SMARTS) is 1. The topological polar surface area (TPSA) is 239 Å². The lowest BCUT2D eigenvalue weighted by atomic mass is 9.77. The zero-order valence-corrected chi connectivity index (χ0v) is 40.5. The third-order valence-electron chi connectivity index (χ3n) is 13.6. The Balaban J connectivity index is 0.00000141. The van der Waals surface area contributed by atoms with E-state index in [1.54, 1.807) is 44.4 Å². The lowest BCUT2D eigenvalue weighted by Gasteiger charge is -2.32. The quantitative estimate of drug-likeness (QED) is 0.0836. The number of Topliss-reactive ketones (excluding diaryl/α,β-unsaturated/α-hetero) is 4. The molecule has 0 bridgehead atoms. The molecule has 70 heavy (non-hydrogen) atoms. The van der Waals surface area contributed by atoms with E-state index < -0.39 is 71.4 Å². The van der Waals surface area contributed by atoms with Gasteiger partial charge in [0.1, 0.15) is 17.5 Å². The molecular formula is C51H69F3N6O10. The standard InChI is InChI=1S/C49H68N6O8.C2HF3O2/c1-4-15-35(46(60)40(56)24-25-43(59)53-45(49(63)55(2)3)34-20-12-7-13-21-34)29-41(57)37-22-14-23-38(37)52-47(61)36(28-32-16-8-5-9-17-32)30-42(58)44(33-18-10-6-11-19-33)54-48(62)39-31-50-26-27-51-39;3-2(4,5)1(6)7/h7,12-13,20-21,26-27,31-33,35-38,44-45H,4-6,8-11,14-19,22-25,28-30H2,1-3H3,(H,52,61)(H,53,59)(H,54,62);(H,6,7)/t35-,36?,37-,38+,44+,45+;/m1./s1. The summed E-state index contributed by atoms with van der Waals surface area (Å²) in [5, 5.41) is 16.0. The normalized spacial score (nSPS) is 19.2. The number of aliphatic carboxylic acids is 1. The number of amides is 4. The number of carbonyl (C=O) groups excluding carboxylic acids is 8. The predicted octanol–water partition coefficient (Wildman–Crippen LogP) is 6.86. The summed E-state index contributed by atoms with van der Waals surface area (Å²) in [6.45, 7) is 1.88. The maximum atomic E-state index is 14.4. The first-order valence-corrected chi connectivity index (χ1v) is 24.7. The second-order valence-corrected chi connectivity index (χ2v) is 19.1. The van der Waals surface area contributed by atoms with Gasteiger partial charge in [-0.3, -0.25) is 43.3 Å². The van der Waals surface area contributed by atoms with E-state index in [2.05, 4.69) is 25.9 Å². The highest BCUT2D eigenvalue weighted by Gasteiger charge is 2.41. The molecule has 16 nitrogen and oxygen atoms in total. The van der Waals surface area contributed by atoms with Gasteiger partial charge in [-0.05, 0) is 55.9 Å². The van der Waals surface area contributed by atoms with Gasteiger partial charge < -0.3 is 26.0 Å². The van der Waals surface area contributed by atoms with Crippen molar-refractivity contribution in [3.05, 3.63) is 60.2 Å². The summed E-state index contributed by atoms with van der Waals surface area (Å²) in [7, 11) is 3.17. The van der Waals surface area contributed by atoms with E-state index in [4.69, 9.17) is 9.90 Å². The van der Waals surface area contributed by atoms with Gasteiger partial charge in [0.25, 0.3) is 5.91 Å². The van der Waals surface area contributed by atoms with Crippen LogP contribution in [0.5, 0.6) is 0 Å². The first kappa shape index (κ1) is 56.7. The summed E-state index contributed by atoms with van der Waals surface area (Å²) < 4.78 is 31.7. The van der Waals surface area contributed by atoms with E-state index in [-0.39, 0.29) is 60.7 Å². The average Bonchev–Trinajstić information content (AvgIpc) is 3.82. The average molecular weight is 983 g/mol. The molecular weight excluding hydrogens is 914 g/mol.